The Labute approximate surface area is 149 Å². The molecule has 4 aromatic rings. The van der Waals surface area contributed by atoms with Gasteiger partial charge in [-0.25, -0.2) is 4.39 Å². The van der Waals surface area contributed by atoms with E-state index in [1.807, 2.05) is 0 Å². The molecule has 0 atom stereocenters. The first-order valence-corrected chi connectivity index (χ1v) is 7.94. The van der Waals surface area contributed by atoms with Crippen molar-refractivity contribution in [2.75, 3.05) is 0 Å². The van der Waals surface area contributed by atoms with Gasteiger partial charge in [-0.15, -0.1) is 0 Å². The molecule has 0 aliphatic carbocycles. The van der Waals surface area contributed by atoms with Crippen LogP contribution in [-0.4, -0.2) is 20.7 Å². The number of benzene rings is 1. The summed E-state index contributed by atoms with van der Waals surface area (Å²) < 4.78 is 54.4. The van der Waals surface area contributed by atoms with Crippen LogP contribution in [0, 0.1) is 5.82 Å². The van der Waals surface area contributed by atoms with E-state index in [0.717, 1.165) is 10.8 Å². The molecule has 0 unspecified atom stereocenters. The summed E-state index contributed by atoms with van der Waals surface area (Å²) in [5, 5.41) is 1.46. The number of rotatable bonds is 2. The molecular weight excluding hydrogens is 370 g/mol. The van der Waals surface area contributed by atoms with Crippen LogP contribution in [0.1, 0.15) is 0 Å². The van der Waals surface area contributed by atoms with E-state index in [0.29, 0.717) is 38.0 Å². The molecule has 0 amide bonds. The maximum atomic E-state index is 13.6. The van der Waals surface area contributed by atoms with Gasteiger partial charge in [-0.1, -0.05) is 11.6 Å². The minimum Gasteiger partial charge on any atom is -0.329 e. The molecule has 0 saturated carbocycles. The largest absolute Gasteiger partial charge is 0.406 e. The summed E-state index contributed by atoms with van der Waals surface area (Å²) in [6.07, 6.45) is 0.862. The van der Waals surface area contributed by atoms with Gasteiger partial charge in [0.05, 0.1) is 23.4 Å². The molecule has 3 nitrogen and oxygen atoms in total. The Morgan fingerprint density at radius 1 is 1.00 bits per heavy atom. The minimum atomic E-state index is -4.44. The number of fused-ring (bicyclic) bond motifs is 3. The fourth-order valence-corrected chi connectivity index (χ4v) is 3.39. The first kappa shape index (κ1) is 16.8. The lowest BCUT2D eigenvalue weighted by Crippen LogP contribution is -2.17. The van der Waals surface area contributed by atoms with Crippen LogP contribution >= 0.6 is 11.6 Å². The Morgan fingerprint density at radius 3 is 2.54 bits per heavy atom. The molecule has 3 aromatic heterocycles. The predicted octanol–water partition coefficient (Wildman–Crippen LogP) is 5.61. The zero-order chi connectivity index (χ0) is 18.5. The lowest BCUT2D eigenvalue weighted by Gasteiger charge is -2.13. The average Bonchev–Trinajstić information content (AvgIpc) is 2.87. The lowest BCUT2D eigenvalue weighted by atomic mass is 10.0. The second-order valence-corrected chi connectivity index (χ2v) is 6.27. The molecule has 1 aromatic carbocycles. The van der Waals surface area contributed by atoms with Gasteiger partial charge in [0.2, 0.25) is 0 Å². The lowest BCUT2D eigenvalue weighted by molar-refractivity contribution is -0.139. The summed E-state index contributed by atoms with van der Waals surface area (Å²) in [6, 6.07) is 5.96. The van der Waals surface area contributed by atoms with E-state index in [2.05, 4.69) is 9.97 Å². The van der Waals surface area contributed by atoms with Crippen molar-refractivity contribution in [2.45, 2.75) is 12.7 Å². The zero-order valence-electron chi connectivity index (χ0n) is 13.1. The van der Waals surface area contributed by atoms with E-state index in [1.165, 1.54) is 30.7 Å². The Balaban J connectivity index is 2.16. The zero-order valence-corrected chi connectivity index (χ0v) is 13.8. The van der Waals surface area contributed by atoms with Gasteiger partial charge in [-0.2, -0.15) is 13.2 Å². The molecule has 132 valence electrons. The van der Waals surface area contributed by atoms with Crippen LogP contribution in [-0.2, 0) is 6.54 Å². The van der Waals surface area contributed by atoms with Gasteiger partial charge >= 0.3 is 6.18 Å². The first-order chi connectivity index (χ1) is 12.3. The molecule has 26 heavy (non-hydrogen) atoms. The molecule has 4 rings (SSSR count). The monoisotopic (exact) mass is 379 g/mol. The third kappa shape index (κ3) is 2.88. The van der Waals surface area contributed by atoms with Crippen molar-refractivity contribution < 1.29 is 17.6 Å². The summed E-state index contributed by atoms with van der Waals surface area (Å²) in [6.45, 7) is -1.20. The first-order valence-electron chi connectivity index (χ1n) is 7.56. The second-order valence-electron chi connectivity index (χ2n) is 5.84. The van der Waals surface area contributed by atoms with Gasteiger partial charge in [0.15, 0.2) is 0 Å². The number of nitrogens with zero attached hydrogens (tertiary/aromatic N) is 3. The Morgan fingerprint density at radius 2 is 1.81 bits per heavy atom. The van der Waals surface area contributed by atoms with Crippen molar-refractivity contribution in [3.63, 3.8) is 0 Å². The van der Waals surface area contributed by atoms with Crippen molar-refractivity contribution in [1.29, 1.82) is 0 Å². The molecule has 0 saturated heterocycles. The quantitative estimate of drug-likeness (QED) is 0.424. The maximum absolute atomic E-state index is 13.6. The summed E-state index contributed by atoms with van der Waals surface area (Å²) in [7, 11) is 0. The third-order valence-corrected chi connectivity index (χ3v) is 4.30. The highest BCUT2D eigenvalue weighted by Crippen LogP contribution is 2.39. The highest BCUT2D eigenvalue weighted by Gasteiger charge is 2.30. The SMILES string of the molecule is Fc1cncc(-c2cc(Cl)cc3c4ccncc4n(CC(F)(F)F)c23)c1. The molecule has 0 aliphatic heterocycles. The number of alkyl halides is 3. The fourth-order valence-electron chi connectivity index (χ4n) is 3.17. The van der Waals surface area contributed by atoms with Gasteiger partial charge in [0, 0.05) is 39.3 Å². The Kier molecular flexibility index (Phi) is 3.84. The molecule has 8 heteroatoms. The van der Waals surface area contributed by atoms with E-state index in [-0.39, 0.29) is 0 Å². The summed E-state index contributed by atoms with van der Waals surface area (Å²) >= 11 is 6.19. The van der Waals surface area contributed by atoms with Crippen LogP contribution in [0.15, 0.2) is 49.1 Å². The van der Waals surface area contributed by atoms with Crippen molar-refractivity contribution in [3.05, 3.63) is 59.9 Å². The minimum absolute atomic E-state index is 0.308. The van der Waals surface area contributed by atoms with Gasteiger partial charge in [0.1, 0.15) is 12.4 Å². The molecule has 0 N–H and O–H groups in total. The van der Waals surface area contributed by atoms with Gasteiger partial charge in [-0.05, 0) is 24.3 Å². The van der Waals surface area contributed by atoms with Crippen molar-refractivity contribution >= 4 is 33.4 Å². The van der Waals surface area contributed by atoms with Crippen molar-refractivity contribution in [2.24, 2.45) is 0 Å². The topological polar surface area (TPSA) is 30.7 Å². The van der Waals surface area contributed by atoms with Crippen LogP contribution in [0.5, 0.6) is 0 Å². The number of aromatic nitrogens is 3. The summed E-state index contributed by atoms with van der Waals surface area (Å²) in [5.74, 6) is -0.587. The predicted molar refractivity (Wildman–Crippen MR) is 91.5 cm³/mol. The summed E-state index contributed by atoms with van der Waals surface area (Å²) in [5.41, 5.74) is 1.35. The van der Waals surface area contributed by atoms with Crippen LogP contribution in [0.4, 0.5) is 17.6 Å². The van der Waals surface area contributed by atoms with Crippen LogP contribution < -0.4 is 0 Å². The molecule has 0 fully saturated rings. The second kappa shape index (κ2) is 5.95. The van der Waals surface area contributed by atoms with Crippen molar-refractivity contribution in [1.82, 2.24) is 14.5 Å². The van der Waals surface area contributed by atoms with Gasteiger partial charge in [0.25, 0.3) is 0 Å². The standard InChI is InChI=1S/C18H10ClF4N3/c19-11-4-14(10-3-12(20)7-25-6-10)17-15(5-11)13-1-2-24-8-16(13)26(17)9-18(21,22)23/h1-8H,9H2. The normalized spacial score (nSPS) is 12.2. The van der Waals surface area contributed by atoms with Crippen LogP contribution in [0.2, 0.25) is 5.02 Å². The van der Waals surface area contributed by atoms with E-state index in [9.17, 15) is 17.6 Å². The highest BCUT2D eigenvalue weighted by atomic mass is 35.5. The molecule has 3 heterocycles. The van der Waals surface area contributed by atoms with E-state index >= 15 is 0 Å². The number of hydrogen-bond donors (Lipinski definition) is 0. The average molecular weight is 380 g/mol. The molecule has 0 radical (unpaired) electrons. The Hall–Kier alpha value is -2.67. The molecule has 0 spiro atoms. The van der Waals surface area contributed by atoms with Crippen molar-refractivity contribution in [3.8, 4) is 11.1 Å². The van der Waals surface area contributed by atoms with Gasteiger partial charge < -0.3 is 4.57 Å². The smallest absolute Gasteiger partial charge is 0.329 e. The molecule has 0 bridgehead atoms. The maximum Gasteiger partial charge on any atom is 0.406 e. The Bertz CT molecular complexity index is 1130. The van der Waals surface area contributed by atoms with Crippen LogP contribution in [0.3, 0.4) is 0 Å². The highest BCUT2D eigenvalue weighted by molar-refractivity contribution is 6.32. The van der Waals surface area contributed by atoms with E-state index in [1.54, 1.807) is 12.1 Å². The number of hydrogen-bond acceptors (Lipinski definition) is 2. The molecule has 0 aliphatic rings. The van der Waals surface area contributed by atoms with E-state index in [4.69, 9.17) is 11.6 Å². The summed E-state index contributed by atoms with van der Waals surface area (Å²) in [4.78, 5) is 7.74. The number of pyridine rings is 2. The fraction of sp³-hybridized carbons (Fsp3) is 0.111. The van der Waals surface area contributed by atoms with Gasteiger partial charge in [-0.3, -0.25) is 9.97 Å². The van der Waals surface area contributed by atoms with E-state index < -0.39 is 18.5 Å². The molecular formula is C18H10ClF4N3. The van der Waals surface area contributed by atoms with Crippen LogP contribution in [0.25, 0.3) is 32.9 Å². The third-order valence-electron chi connectivity index (χ3n) is 4.08. The number of halogens is 5.